The number of benzene rings is 1. The lowest BCUT2D eigenvalue weighted by molar-refractivity contribution is -0.125. The number of carbonyl (C=O) groups excluding carboxylic acids is 1. The number of nitrogens with zero attached hydrogens (tertiary/aromatic N) is 1. The summed E-state index contributed by atoms with van der Waals surface area (Å²) in [6.07, 6.45) is -0.0611. The Bertz CT molecular complexity index is 553. The minimum absolute atomic E-state index is 0.0213. The van der Waals surface area contributed by atoms with Gasteiger partial charge in [0.2, 0.25) is 15.9 Å². The molecule has 4 nitrogen and oxygen atoms in total. The van der Waals surface area contributed by atoms with Crippen molar-refractivity contribution in [2.24, 2.45) is 0 Å². The molecule has 0 aromatic heterocycles. The van der Waals surface area contributed by atoms with E-state index < -0.39 is 21.7 Å². The van der Waals surface area contributed by atoms with Crippen LogP contribution in [-0.4, -0.2) is 24.4 Å². The van der Waals surface area contributed by atoms with Gasteiger partial charge in [-0.2, -0.15) is 0 Å². The standard InChI is InChI=1S/C10H9ClFNO3S/c11-8-2-1-3-9(12)7(8)6-13-10(14)4-5-17(13,15)16/h1-3H,4-6H2. The van der Waals surface area contributed by atoms with Gasteiger partial charge in [-0.1, -0.05) is 17.7 Å². The zero-order valence-corrected chi connectivity index (χ0v) is 10.3. The van der Waals surface area contributed by atoms with E-state index in [1.165, 1.54) is 18.2 Å². The highest BCUT2D eigenvalue weighted by molar-refractivity contribution is 7.90. The monoisotopic (exact) mass is 277 g/mol. The molecule has 0 N–H and O–H groups in total. The second kappa shape index (κ2) is 4.27. The van der Waals surface area contributed by atoms with Gasteiger partial charge in [-0.3, -0.25) is 4.79 Å². The van der Waals surface area contributed by atoms with Crippen molar-refractivity contribution in [1.29, 1.82) is 0 Å². The second-order valence-corrected chi connectivity index (χ2v) is 6.09. The van der Waals surface area contributed by atoms with Crippen molar-refractivity contribution >= 4 is 27.5 Å². The molecule has 0 atom stereocenters. The number of rotatable bonds is 2. The lowest BCUT2D eigenvalue weighted by Gasteiger charge is -2.16. The van der Waals surface area contributed by atoms with Crippen molar-refractivity contribution in [2.75, 3.05) is 5.75 Å². The third kappa shape index (κ3) is 2.28. The summed E-state index contributed by atoms with van der Waals surface area (Å²) in [4.78, 5) is 11.4. The molecular weight excluding hydrogens is 269 g/mol. The summed E-state index contributed by atoms with van der Waals surface area (Å²) in [5.74, 6) is -1.37. The van der Waals surface area contributed by atoms with Crippen LogP contribution < -0.4 is 0 Å². The van der Waals surface area contributed by atoms with Crippen LogP contribution in [0.3, 0.4) is 0 Å². The van der Waals surface area contributed by atoms with Crippen LogP contribution in [0.2, 0.25) is 5.02 Å². The maximum absolute atomic E-state index is 13.5. The van der Waals surface area contributed by atoms with Crippen LogP contribution in [0, 0.1) is 5.82 Å². The molecule has 17 heavy (non-hydrogen) atoms. The normalized spacial score (nSPS) is 18.7. The zero-order chi connectivity index (χ0) is 12.6. The minimum Gasteiger partial charge on any atom is -0.274 e. The van der Waals surface area contributed by atoms with Gasteiger partial charge in [0.25, 0.3) is 0 Å². The molecule has 0 spiro atoms. The molecule has 1 fully saturated rings. The molecule has 1 amide bonds. The highest BCUT2D eigenvalue weighted by Gasteiger charge is 2.35. The summed E-state index contributed by atoms with van der Waals surface area (Å²) in [5, 5.41) is 0.111. The van der Waals surface area contributed by atoms with E-state index in [1.54, 1.807) is 0 Å². The fourth-order valence-electron chi connectivity index (χ4n) is 1.62. The maximum Gasteiger partial charge on any atom is 0.238 e. The van der Waals surface area contributed by atoms with Crippen LogP contribution in [0.5, 0.6) is 0 Å². The highest BCUT2D eigenvalue weighted by atomic mass is 35.5. The third-order valence-electron chi connectivity index (χ3n) is 2.55. The molecule has 1 aliphatic rings. The van der Waals surface area contributed by atoms with Gasteiger partial charge in [-0.25, -0.2) is 17.1 Å². The number of sulfonamides is 1. The summed E-state index contributed by atoms with van der Waals surface area (Å²) >= 11 is 5.78. The van der Waals surface area contributed by atoms with Gasteiger partial charge in [0.15, 0.2) is 0 Å². The van der Waals surface area contributed by atoms with Crippen LogP contribution in [0.25, 0.3) is 0 Å². The zero-order valence-electron chi connectivity index (χ0n) is 8.69. The van der Waals surface area contributed by atoms with Gasteiger partial charge in [0.05, 0.1) is 12.3 Å². The van der Waals surface area contributed by atoms with Gasteiger partial charge in [0.1, 0.15) is 5.82 Å². The van der Waals surface area contributed by atoms with E-state index in [2.05, 4.69) is 0 Å². The molecule has 1 aliphatic heterocycles. The van der Waals surface area contributed by atoms with Crippen LogP contribution >= 0.6 is 11.6 Å². The summed E-state index contributed by atoms with van der Waals surface area (Å²) < 4.78 is 37.2. The number of hydrogen-bond donors (Lipinski definition) is 0. The van der Waals surface area contributed by atoms with E-state index in [0.717, 1.165) is 0 Å². The lowest BCUT2D eigenvalue weighted by Crippen LogP contribution is -2.29. The van der Waals surface area contributed by atoms with Gasteiger partial charge < -0.3 is 0 Å². The molecular formula is C10H9ClFNO3S. The summed E-state index contributed by atoms with van der Waals surface area (Å²) in [6, 6.07) is 4.04. The van der Waals surface area contributed by atoms with Gasteiger partial charge >= 0.3 is 0 Å². The molecule has 0 saturated carbocycles. The Balaban J connectivity index is 2.36. The molecule has 7 heteroatoms. The summed E-state index contributed by atoms with van der Waals surface area (Å²) in [6.45, 7) is -0.341. The molecule has 0 aliphatic carbocycles. The molecule has 1 heterocycles. The Morgan fingerprint density at radius 2 is 2.12 bits per heavy atom. The molecule has 92 valence electrons. The van der Waals surface area contributed by atoms with E-state index in [1.807, 2.05) is 0 Å². The Morgan fingerprint density at radius 1 is 1.41 bits per heavy atom. The smallest absolute Gasteiger partial charge is 0.238 e. The Hall–Kier alpha value is -1.14. The van der Waals surface area contributed by atoms with Crippen molar-refractivity contribution in [3.63, 3.8) is 0 Å². The number of hydrogen-bond acceptors (Lipinski definition) is 3. The largest absolute Gasteiger partial charge is 0.274 e. The Morgan fingerprint density at radius 3 is 2.65 bits per heavy atom. The molecule has 2 rings (SSSR count). The van der Waals surface area contributed by atoms with Gasteiger partial charge in [0, 0.05) is 17.0 Å². The van der Waals surface area contributed by atoms with E-state index >= 15 is 0 Å². The van der Waals surface area contributed by atoms with Crippen LogP contribution in [0.15, 0.2) is 18.2 Å². The van der Waals surface area contributed by atoms with E-state index in [4.69, 9.17) is 11.6 Å². The minimum atomic E-state index is -3.61. The first-order valence-electron chi connectivity index (χ1n) is 4.88. The number of amides is 1. The van der Waals surface area contributed by atoms with Gasteiger partial charge in [-0.15, -0.1) is 0 Å². The predicted molar refractivity (Wildman–Crippen MR) is 60.4 cm³/mol. The van der Waals surface area contributed by atoms with Crippen molar-refractivity contribution in [2.45, 2.75) is 13.0 Å². The Kier molecular flexibility index (Phi) is 3.09. The van der Waals surface area contributed by atoms with E-state index in [0.29, 0.717) is 4.31 Å². The topological polar surface area (TPSA) is 54.5 Å². The van der Waals surface area contributed by atoms with E-state index in [9.17, 15) is 17.6 Å². The number of carbonyl (C=O) groups is 1. The maximum atomic E-state index is 13.5. The fraction of sp³-hybridized carbons (Fsp3) is 0.300. The van der Waals surface area contributed by atoms with Gasteiger partial charge in [-0.05, 0) is 12.1 Å². The van der Waals surface area contributed by atoms with Crippen molar-refractivity contribution in [3.8, 4) is 0 Å². The first-order chi connectivity index (χ1) is 7.92. The average Bonchev–Trinajstić information content (AvgIpc) is 2.49. The summed E-state index contributed by atoms with van der Waals surface area (Å²) in [7, 11) is -3.61. The molecule has 0 radical (unpaired) electrons. The fourth-order valence-corrected chi connectivity index (χ4v) is 3.22. The lowest BCUT2D eigenvalue weighted by atomic mass is 10.2. The second-order valence-electron chi connectivity index (χ2n) is 3.67. The predicted octanol–water partition coefficient (Wildman–Crippen LogP) is 1.54. The van der Waals surface area contributed by atoms with Crippen molar-refractivity contribution < 1.29 is 17.6 Å². The first-order valence-corrected chi connectivity index (χ1v) is 6.86. The van der Waals surface area contributed by atoms with Crippen molar-refractivity contribution in [1.82, 2.24) is 4.31 Å². The molecule has 0 bridgehead atoms. The quantitative estimate of drug-likeness (QED) is 0.824. The van der Waals surface area contributed by atoms with Crippen LogP contribution in [-0.2, 0) is 21.4 Å². The Labute approximate surface area is 103 Å². The molecule has 1 saturated heterocycles. The van der Waals surface area contributed by atoms with Crippen LogP contribution in [0.4, 0.5) is 4.39 Å². The SMILES string of the molecule is O=C1CCS(=O)(=O)N1Cc1c(F)cccc1Cl. The highest BCUT2D eigenvalue weighted by Crippen LogP contribution is 2.25. The average molecular weight is 278 g/mol. The molecule has 0 unspecified atom stereocenters. The number of halogens is 2. The van der Waals surface area contributed by atoms with Crippen molar-refractivity contribution in [3.05, 3.63) is 34.6 Å². The molecule has 1 aromatic rings. The van der Waals surface area contributed by atoms with E-state index in [-0.39, 0.29) is 29.3 Å². The molecule has 1 aromatic carbocycles. The van der Waals surface area contributed by atoms with Crippen LogP contribution in [0.1, 0.15) is 12.0 Å². The first kappa shape index (κ1) is 12.3. The third-order valence-corrected chi connectivity index (χ3v) is 4.63. The summed E-state index contributed by atoms with van der Waals surface area (Å²) in [5.41, 5.74) is 0.0213.